The average molecular weight is 1420 g/mol. The van der Waals surface area contributed by atoms with Crippen LogP contribution in [0.3, 0.4) is 0 Å². The topological polar surface area (TPSA) is 237 Å². The zero-order chi connectivity index (χ0) is 71.4. The molecule has 0 radical (unpaired) electrons. The van der Waals surface area contributed by atoms with E-state index < -0.39 is 97.5 Å². The zero-order valence-corrected chi connectivity index (χ0v) is 65.2. The molecule has 0 fully saturated rings. The Kier molecular flexibility index (Phi) is 68.4. The summed E-state index contributed by atoms with van der Waals surface area (Å²) in [6.07, 6.45) is 58.1. The Balaban J connectivity index is 5.27. The molecule has 0 aromatic rings. The molecule has 0 aromatic heterocycles. The van der Waals surface area contributed by atoms with Gasteiger partial charge >= 0.3 is 39.5 Å². The normalized spacial score (nSPS) is 14.0. The van der Waals surface area contributed by atoms with Crippen LogP contribution in [0.15, 0.2) is 0 Å². The summed E-state index contributed by atoms with van der Waals surface area (Å²) >= 11 is 0. The number of carbonyl (C=O) groups is 4. The molecule has 0 heterocycles. The first kappa shape index (κ1) is 95.1. The molecule has 2 unspecified atom stereocenters. The van der Waals surface area contributed by atoms with E-state index in [0.717, 1.165) is 102 Å². The predicted molar refractivity (Wildman–Crippen MR) is 395 cm³/mol. The lowest BCUT2D eigenvalue weighted by molar-refractivity contribution is -0.161. The Labute approximate surface area is 594 Å². The van der Waals surface area contributed by atoms with Gasteiger partial charge in [0.05, 0.1) is 26.4 Å². The molecule has 19 heteroatoms. The molecule has 0 amide bonds. The molecule has 0 aromatic carbocycles. The summed E-state index contributed by atoms with van der Waals surface area (Å²) in [7, 11) is -9.92. The Bertz CT molecular complexity index is 1870. The number of rotatable bonds is 77. The highest BCUT2D eigenvalue weighted by atomic mass is 31.2. The molecule has 0 saturated carbocycles. The van der Waals surface area contributed by atoms with Crippen molar-refractivity contribution in [3.63, 3.8) is 0 Å². The number of esters is 4. The third-order valence-corrected chi connectivity index (χ3v) is 20.1. The molecule has 0 aliphatic heterocycles. The molecule has 0 aliphatic carbocycles. The predicted octanol–water partition coefficient (Wildman–Crippen LogP) is 23.1. The van der Waals surface area contributed by atoms with Crippen LogP contribution in [0.25, 0.3) is 0 Å². The number of aliphatic hydroxyl groups excluding tert-OH is 1. The summed E-state index contributed by atoms with van der Waals surface area (Å²) in [5.74, 6) is -0.574. The van der Waals surface area contributed by atoms with Crippen molar-refractivity contribution in [3.05, 3.63) is 0 Å². The molecule has 0 spiro atoms. The molecule has 0 aliphatic rings. The second kappa shape index (κ2) is 69.8. The van der Waals surface area contributed by atoms with E-state index >= 15 is 0 Å². The van der Waals surface area contributed by atoms with Crippen LogP contribution in [0.5, 0.6) is 0 Å². The van der Waals surface area contributed by atoms with Crippen molar-refractivity contribution in [2.45, 2.75) is 426 Å². The quantitative estimate of drug-likeness (QED) is 0.0222. The van der Waals surface area contributed by atoms with E-state index in [2.05, 4.69) is 41.5 Å². The minimum absolute atomic E-state index is 0.107. The van der Waals surface area contributed by atoms with Crippen LogP contribution in [0.4, 0.5) is 0 Å². The first-order valence-electron chi connectivity index (χ1n) is 40.5. The summed E-state index contributed by atoms with van der Waals surface area (Å²) in [5, 5.41) is 10.6. The zero-order valence-electron chi connectivity index (χ0n) is 63.4. The van der Waals surface area contributed by atoms with Gasteiger partial charge in [0.15, 0.2) is 12.2 Å². The minimum atomic E-state index is -4.96. The Hall–Kier alpha value is -1.94. The van der Waals surface area contributed by atoms with Gasteiger partial charge in [-0.25, -0.2) is 9.13 Å². The van der Waals surface area contributed by atoms with Gasteiger partial charge in [-0.15, -0.1) is 0 Å². The van der Waals surface area contributed by atoms with Crippen LogP contribution in [0, 0.1) is 11.8 Å². The van der Waals surface area contributed by atoms with Gasteiger partial charge in [0.2, 0.25) is 0 Å². The highest BCUT2D eigenvalue weighted by Gasteiger charge is 2.30. The van der Waals surface area contributed by atoms with Gasteiger partial charge in [-0.2, -0.15) is 0 Å². The average Bonchev–Trinajstić information content (AvgIpc) is 1.00. The lowest BCUT2D eigenvalue weighted by atomic mass is 10.0. The van der Waals surface area contributed by atoms with E-state index in [1.807, 2.05) is 0 Å². The summed E-state index contributed by atoms with van der Waals surface area (Å²) in [6.45, 7) is 9.63. The number of aliphatic hydroxyl groups is 1. The first-order chi connectivity index (χ1) is 46.9. The summed E-state index contributed by atoms with van der Waals surface area (Å²) in [5.41, 5.74) is 0. The third kappa shape index (κ3) is 72.2. The van der Waals surface area contributed by atoms with Crippen molar-refractivity contribution < 1.29 is 80.2 Å². The van der Waals surface area contributed by atoms with Gasteiger partial charge in [0.1, 0.15) is 19.3 Å². The van der Waals surface area contributed by atoms with Crippen molar-refractivity contribution in [2.24, 2.45) is 11.8 Å². The summed E-state index contributed by atoms with van der Waals surface area (Å²) in [4.78, 5) is 73.0. The molecule has 576 valence electrons. The van der Waals surface area contributed by atoms with E-state index in [1.165, 1.54) is 225 Å². The number of hydrogen-bond acceptors (Lipinski definition) is 15. The van der Waals surface area contributed by atoms with Crippen LogP contribution in [0.2, 0.25) is 0 Å². The van der Waals surface area contributed by atoms with Gasteiger partial charge < -0.3 is 33.8 Å². The molecule has 0 saturated heterocycles. The fourth-order valence-corrected chi connectivity index (χ4v) is 13.6. The molecule has 0 bridgehead atoms. The Morgan fingerprint density at radius 3 is 0.701 bits per heavy atom. The minimum Gasteiger partial charge on any atom is -0.462 e. The number of ether oxygens (including phenoxy) is 4. The Morgan fingerprint density at radius 2 is 0.474 bits per heavy atom. The van der Waals surface area contributed by atoms with Gasteiger partial charge in [0, 0.05) is 25.7 Å². The van der Waals surface area contributed by atoms with Crippen molar-refractivity contribution in [1.29, 1.82) is 0 Å². The van der Waals surface area contributed by atoms with Crippen LogP contribution in [-0.4, -0.2) is 96.7 Å². The smallest absolute Gasteiger partial charge is 0.462 e. The maximum Gasteiger partial charge on any atom is 0.472 e. The van der Waals surface area contributed by atoms with E-state index in [1.54, 1.807) is 0 Å². The largest absolute Gasteiger partial charge is 0.472 e. The Morgan fingerprint density at radius 1 is 0.278 bits per heavy atom. The third-order valence-electron chi connectivity index (χ3n) is 18.2. The van der Waals surface area contributed by atoms with Crippen LogP contribution in [-0.2, 0) is 65.4 Å². The number of unbranched alkanes of at least 4 members (excludes halogenated alkanes) is 47. The van der Waals surface area contributed by atoms with Gasteiger partial charge in [-0.3, -0.25) is 37.3 Å². The summed E-state index contributed by atoms with van der Waals surface area (Å²) in [6, 6.07) is 0. The second-order valence-electron chi connectivity index (χ2n) is 29.1. The van der Waals surface area contributed by atoms with Crippen molar-refractivity contribution in [2.75, 3.05) is 39.6 Å². The van der Waals surface area contributed by atoms with Crippen LogP contribution >= 0.6 is 15.6 Å². The number of carbonyl (C=O) groups excluding carboxylic acids is 4. The highest BCUT2D eigenvalue weighted by Crippen LogP contribution is 2.45. The van der Waals surface area contributed by atoms with Crippen LogP contribution in [0.1, 0.15) is 408 Å². The van der Waals surface area contributed by atoms with E-state index in [0.29, 0.717) is 25.7 Å². The monoisotopic (exact) mass is 1420 g/mol. The maximum absolute atomic E-state index is 13.1. The van der Waals surface area contributed by atoms with E-state index in [9.17, 15) is 43.2 Å². The lowest BCUT2D eigenvalue weighted by Crippen LogP contribution is -2.30. The maximum atomic E-state index is 13.1. The van der Waals surface area contributed by atoms with Crippen molar-refractivity contribution >= 4 is 39.5 Å². The molecule has 3 N–H and O–H groups in total. The lowest BCUT2D eigenvalue weighted by Gasteiger charge is -2.21. The summed E-state index contributed by atoms with van der Waals surface area (Å²) < 4.78 is 68.7. The van der Waals surface area contributed by atoms with Gasteiger partial charge in [-0.05, 0) is 37.5 Å². The fraction of sp³-hybridized carbons (Fsp3) is 0.949. The van der Waals surface area contributed by atoms with E-state index in [4.69, 9.17) is 37.0 Å². The molecule has 17 nitrogen and oxygen atoms in total. The first-order valence-corrected chi connectivity index (χ1v) is 43.5. The van der Waals surface area contributed by atoms with Crippen molar-refractivity contribution in [1.82, 2.24) is 0 Å². The standard InChI is InChI=1S/C78H152O17P2/c1-7-9-11-13-15-17-19-21-23-25-29-36-42-48-54-60-75(80)88-66-73(95-78(83)63-57-51-45-39-31-27-26-28-34-40-46-52-58-70(3)4)68-92-96(84,85)90-64-72(79)65-91-97(86,87)93-69-74(67-89-76(81)61-55-49-43-37-33-32-35-41-47-53-59-71(5)6)94-77(82)62-56-50-44-38-30-24-22-20-18-16-14-12-10-8-2/h70-74,79H,7-69H2,1-6H3,(H,84,85)(H,86,87)/t72-,73-,74-/m1/s1. The van der Waals surface area contributed by atoms with Crippen LogP contribution < -0.4 is 0 Å². The second-order valence-corrected chi connectivity index (χ2v) is 32.0. The van der Waals surface area contributed by atoms with E-state index in [-0.39, 0.29) is 25.7 Å². The molecular formula is C78H152O17P2. The van der Waals surface area contributed by atoms with Crippen molar-refractivity contribution in [3.8, 4) is 0 Å². The van der Waals surface area contributed by atoms with Gasteiger partial charge in [0.25, 0.3) is 0 Å². The van der Waals surface area contributed by atoms with Gasteiger partial charge in [-0.1, -0.05) is 356 Å². The molecular weight excluding hydrogens is 1270 g/mol. The number of phosphoric ester groups is 2. The molecule has 5 atom stereocenters. The molecule has 0 rings (SSSR count). The highest BCUT2D eigenvalue weighted by molar-refractivity contribution is 7.47. The number of hydrogen-bond donors (Lipinski definition) is 3. The number of phosphoric acid groups is 2. The molecule has 97 heavy (non-hydrogen) atoms. The SMILES string of the molecule is CCCCCCCCCCCCCCCCCC(=O)OC[C@H](COP(=O)(O)OC[C@@H](O)COP(=O)(O)OC[C@@H](COC(=O)CCCCCCCCCCCCC(C)C)OC(=O)CCCCCCCCCCCCCCCC)OC(=O)CCCCCCCCCCCCCCC(C)C. The fourth-order valence-electron chi connectivity index (χ4n) is 12.0.